The summed E-state index contributed by atoms with van der Waals surface area (Å²) in [5.41, 5.74) is 7.75. The van der Waals surface area contributed by atoms with Crippen LogP contribution in [0.4, 0.5) is 5.69 Å². The number of fused-ring (bicyclic) bond motifs is 1. The molecule has 1 aromatic carbocycles. The molecule has 1 aromatic rings. The number of nitrogens with zero attached hydrogens (tertiary/aromatic N) is 1. The largest absolute Gasteiger partial charge is 0.356 e. The first-order chi connectivity index (χ1) is 12.1. The van der Waals surface area contributed by atoms with E-state index >= 15 is 0 Å². The molecule has 1 fully saturated rings. The lowest BCUT2D eigenvalue weighted by atomic mass is 9.77. The van der Waals surface area contributed by atoms with E-state index in [1.165, 1.54) is 5.56 Å². The molecule has 0 saturated heterocycles. The highest BCUT2D eigenvalue weighted by atomic mass is 16.2. The molecule has 1 saturated carbocycles. The molecule has 0 spiro atoms. The lowest BCUT2D eigenvalue weighted by Gasteiger charge is -2.34. The Balaban J connectivity index is 1.76. The van der Waals surface area contributed by atoms with Gasteiger partial charge in [0.2, 0.25) is 11.8 Å². The number of amides is 2. The van der Waals surface area contributed by atoms with Gasteiger partial charge < -0.3 is 16.0 Å². The first-order valence-electron chi connectivity index (χ1n) is 9.52. The SMILES string of the molecule is CC1Cc2ccccc2N1C(=O)C1CCCCC1C(=O)NCCCN. The number of benzene rings is 1. The summed E-state index contributed by atoms with van der Waals surface area (Å²) in [6, 6.07) is 8.28. The van der Waals surface area contributed by atoms with Crippen LogP contribution in [0.1, 0.15) is 44.6 Å². The number of para-hydroxylation sites is 1. The Hall–Kier alpha value is -1.88. The van der Waals surface area contributed by atoms with Gasteiger partial charge in [0, 0.05) is 24.2 Å². The Morgan fingerprint density at radius 2 is 1.92 bits per heavy atom. The third-order valence-corrected chi connectivity index (χ3v) is 5.54. The maximum absolute atomic E-state index is 13.3. The van der Waals surface area contributed by atoms with Gasteiger partial charge in [-0.2, -0.15) is 0 Å². The molecule has 5 heteroatoms. The van der Waals surface area contributed by atoms with Crippen molar-refractivity contribution < 1.29 is 9.59 Å². The molecule has 3 rings (SSSR count). The summed E-state index contributed by atoms with van der Waals surface area (Å²) in [6.45, 7) is 3.25. The highest BCUT2D eigenvalue weighted by molar-refractivity contribution is 6.00. The molecule has 0 bridgehead atoms. The van der Waals surface area contributed by atoms with E-state index < -0.39 is 0 Å². The lowest BCUT2D eigenvalue weighted by Crippen LogP contribution is -2.47. The summed E-state index contributed by atoms with van der Waals surface area (Å²) in [6.07, 6.45) is 5.31. The molecular formula is C20H29N3O2. The van der Waals surface area contributed by atoms with Crippen LogP contribution in [-0.2, 0) is 16.0 Å². The topological polar surface area (TPSA) is 75.4 Å². The second-order valence-electron chi connectivity index (χ2n) is 7.32. The van der Waals surface area contributed by atoms with E-state index in [4.69, 9.17) is 5.73 Å². The van der Waals surface area contributed by atoms with Gasteiger partial charge in [-0.25, -0.2) is 0 Å². The van der Waals surface area contributed by atoms with Crippen LogP contribution in [0.2, 0.25) is 0 Å². The predicted molar refractivity (Wildman–Crippen MR) is 99.2 cm³/mol. The van der Waals surface area contributed by atoms with E-state index in [1.807, 2.05) is 23.1 Å². The number of nitrogens with two attached hydrogens (primary N) is 1. The Morgan fingerprint density at radius 1 is 1.20 bits per heavy atom. The van der Waals surface area contributed by atoms with Crippen molar-refractivity contribution in [3.8, 4) is 0 Å². The molecule has 5 nitrogen and oxygen atoms in total. The molecule has 136 valence electrons. The zero-order valence-corrected chi connectivity index (χ0v) is 15.0. The summed E-state index contributed by atoms with van der Waals surface area (Å²) >= 11 is 0. The van der Waals surface area contributed by atoms with Crippen LogP contribution in [0.3, 0.4) is 0 Å². The highest BCUT2D eigenvalue weighted by Crippen LogP contribution is 2.38. The standard InChI is InChI=1S/C20H29N3O2/c1-14-13-15-7-2-5-10-18(15)23(14)20(25)17-9-4-3-8-16(17)19(24)22-12-6-11-21/h2,5,7,10,14,16-17H,3-4,6,8-9,11-13,21H2,1H3,(H,22,24). The molecule has 1 aliphatic carbocycles. The van der Waals surface area contributed by atoms with Crippen molar-refractivity contribution in [3.63, 3.8) is 0 Å². The van der Waals surface area contributed by atoms with Gasteiger partial charge in [-0.15, -0.1) is 0 Å². The van der Waals surface area contributed by atoms with E-state index in [1.54, 1.807) is 0 Å². The smallest absolute Gasteiger partial charge is 0.231 e. The van der Waals surface area contributed by atoms with Crippen LogP contribution >= 0.6 is 0 Å². The van der Waals surface area contributed by atoms with Gasteiger partial charge in [-0.05, 0) is 50.8 Å². The number of carbonyl (C=O) groups is 2. The fraction of sp³-hybridized carbons (Fsp3) is 0.600. The molecular weight excluding hydrogens is 314 g/mol. The number of carbonyl (C=O) groups excluding carboxylic acids is 2. The normalized spacial score (nSPS) is 25.5. The Morgan fingerprint density at radius 3 is 2.68 bits per heavy atom. The second kappa shape index (κ2) is 8.00. The first-order valence-corrected chi connectivity index (χ1v) is 9.52. The van der Waals surface area contributed by atoms with Crippen molar-refractivity contribution in [1.82, 2.24) is 5.32 Å². The minimum atomic E-state index is -0.209. The fourth-order valence-corrected chi connectivity index (χ4v) is 4.27. The predicted octanol–water partition coefficient (Wildman–Crippen LogP) is 2.24. The van der Waals surface area contributed by atoms with Crippen molar-refractivity contribution >= 4 is 17.5 Å². The van der Waals surface area contributed by atoms with Gasteiger partial charge in [0.1, 0.15) is 0 Å². The summed E-state index contributed by atoms with van der Waals surface area (Å²) < 4.78 is 0. The number of hydrogen-bond acceptors (Lipinski definition) is 3. The van der Waals surface area contributed by atoms with Crippen molar-refractivity contribution in [2.75, 3.05) is 18.0 Å². The maximum Gasteiger partial charge on any atom is 0.231 e. The van der Waals surface area contributed by atoms with Gasteiger partial charge in [0.05, 0.1) is 5.92 Å². The first kappa shape index (κ1) is 17.9. The second-order valence-corrected chi connectivity index (χ2v) is 7.32. The van der Waals surface area contributed by atoms with Gasteiger partial charge in [-0.3, -0.25) is 9.59 Å². The fourth-order valence-electron chi connectivity index (χ4n) is 4.27. The number of nitrogens with one attached hydrogen (secondary N) is 1. The lowest BCUT2D eigenvalue weighted by molar-refractivity contribution is -0.135. The number of anilines is 1. The van der Waals surface area contributed by atoms with Crippen LogP contribution < -0.4 is 16.0 Å². The highest BCUT2D eigenvalue weighted by Gasteiger charge is 2.41. The van der Waals surface area contributed by atoms with E-state index in [0.29, 0.717) is 13.1 Å². The molecule has 3 atom stereocenters. The van der Waals surface area contributed by atoms with E-state index in [0.717, 1.165) is 44.2 Å². The third kappa shape index (κ3) is 3.71. The minimum Gasteiger partial charge on any atom is -0.356 e. The summed E-state index contributed by atoms with van der Waals surface area (Å²) in [5, 5.41) is 2.97. The summed E-state index contributed by atoms with van der Waals surface area (Å²) in [7, 11) is 0. The Labute approximate surface area is 150 Å². The molecule has 25 heavy (non-hydrogen) atoms. The van der Waals surface area contributed by atoms with E-state index in [2.05, 4.69) is 18.3 Å². The van der Waals surface area contributed by atoms with Crippen molar-refractivity contribution in [1.29, 1.82) is 0 Å². The molecule has 1 heterocycles. The average molecular weight is 343 g/mol. The number of rotatable bonds is 5. The maximum atomic E-state index is 13.3. The van der Waals surface area contributed by atoms with Gasteiger partial charge >= 0.3 is 0 Å². The van der Waals surface area contributed by atoms with Crippen LogP contribution in [-0.4, -0.2) is 30.9 Å². The quantitative estimate of drug-likeness (QED) is 0.805. The van der Waals surface area contributed by atoms with Gasteiger partial charge in [0.15, 0.2) is 0 Å². The average Bonchev–Trinajstić information content (AvgIpc) is 2.97. The summed E-state index contributed by atoms with van der Waals surface area (Å²) in [5.74, 6) is -0.276. The minimum absolute atomic E-state index is 0.0200. The van der Waals surface area contributed by atoms with Gasteiger partial charge in [-0.1, -0.05) is 31.0 Å². The molecule has 3 N–H and O–H groups in total. The molecule has 3 unspecified atom stereocenters. The molecule has 2 amide bonds. The molecule has 0 aromatic heterocycles. The van der Waals surface area contributed by atoms with E-state index in [9.17, 15) is 9.59 Å². The van der Waals surface area contributed by atoms with Crippen LogP contribution in [0.5, 0.6) is 0 Å². The Kier molecular flexibility index (Phi) is 5.74. The zero-order valence-electron chi connectivity index (χ0n) is 15.0. The summed E-state index contributed by atoms with van der Waals surface area (Å²) in [4.78, 5) is 27.9. The molecule has 0 radical (unpaired) electrons. The van der Waals surface area contributed by atoms with Crippen LogP contribution in [0.15, 0.2) is 24.3 Å². The van der Waals surface area contributed by atoms with Crippen molar-refractivity contribution in [2.24, 2.45) is 17.6 Å². The zero-order chi connectivity index (χ0) is 17.8. The van der Waals surface area contributed by atoms with Gasteiger partial charge in [0.25, 0.3) is 0 Å². The Bertz CT molecular complexity index is 631. The molecule has 1 aliphatic heterocycles. The monoisotopic (exact) mass is 343 g/mol. The van der Waals surface area contributed by atoms with Crippen LogP contribution in [0.25, 0.3) is 0 Å². The van der Waals surface area contributed by atoms with Crippen LogP contribution in [0, 0.1) is 11.8 Å². The van der Waals surface area contributed by atoms with E-state index in [-0.39, 0.29) is 29.7 Å². The van der Waals surface area contributed by atoms with Crippen molar-refractivity contribution in [2.45, 2.75) is 51.5 Å². The molecule has 2 aliphatic rings. The van der Waals surface area contributed by atoms with Crippen molar-refractivity contribution in [3.05, 3.63) is 29.8 Å². The third-order valence-electron chi connectivity index (χ3n) is 5.54. The number of hydrogen-bond donors (Lipinski definition) is 2.